The fourth-order valence-corrected chi connectivity index (χ4v) is 4.21. The lowest BCUT2D eigenvalue weighted by atomic mass is 9.86. The summed E-state index contributed by atoms with van der Waals surface area (Å²) >= 11 is 0. The Morgan fingerprint density at radius 3 is 1.96 bits per heavy atom. The SMILES string of the molecule is Cc1ccccc1C1=CC=C2C(=Cc3cc(-c4ccccc4C)ccc32)C1=O. The van der Waals surface area contributed by atoms with E-state index in [9.17, 15) is 4.79 Å². The van der Waals surface area contributed by atoms with Crippen LogP contribution in [0.2, 0.25) is 0 Å². The maximum absolute atomic E-state index is 13.3. The van der Waals surface area contributed by atoms with E-state index < -0.39 is 0 Å². The van der Waals surface area contributed by atoms with Crippen molar-refractivity contribution in [3.05, 3.63) is 112 Å². The van der Waals surface area contributed by atoms with E-state index in [1.165, 1.54) is 16.7 Å². The molecular weight excluding hydrogens is 340 g/mol. The van der Waals surface area contributed by atoms with Crippen molar-refractivity contribution in [1.82, 2.24) is 0 Å². The molecule has 0 radical (unpaired) electrons. The van der Waals surface area contributed by atoms with Crippen molar-refractivity contribution in [3.8, 4) is 11.1 Å². The van der Waals surface area contributed by atoms with Crippen LogP contribution in [0.3, 0.4) is 0 Å². The first kappa shape index (κ1) is 16.7. The van der Waals surface area contributed by atoms with E-state index in [1.807, 2.05) is 24.3 Å². The Morgan fingerprint density at radius 2 is 1.25 bits per heavy atom. The molecule has 0 bridgehead atoms. The predicted molar refractivity (Wildman–Crippen MR) is 117 cm³/mol. The predicted octanol–water partition coefficient (Wildman–Crippen LogP) is 6.42. The molecule has 0 aromatic heterocycles. The van der Waals surface area contributed by atoms with E-state index in [0.717, 1.165) is 39.0 Å². The standard InChI is InChI=1S/C27H20O/c1-17-7-3-5-9-21(17)19-11-12-23-20(15-19)16-26-24(23)13-14-25(27(26)28)22-10-6-4-8-18(22)2/h3-16H,1-2H3. The Kier molecular flexibility index (Phi) is 3.77. The molecule has 0 N–H and O–H groups in total. The molecule has 0 fully saturated rings. The van der Waals surface area contributed by atoms with Crippen LogP contribution < -0.4 is 0 Å². The van der Waals surface area contributed by atoms with Gasteiger partial charge in [0.1, 0.15) is 0 Å². The van der Waals surface area contributed by atoms with Gasteiger partial charge in [-0.1, -0.05) is 66.7 Å². The third-order valence-electron chi connectivity index (χ3n) is 5.73. The average molecular weight is 360 g/mol. The molecule has 0 aliphatic heterocycles. The maximum Gasteiger partial charge on any atom is 0.194 e. The first-order chi connectivity index (χ1) is 13.6. The summed E-state index contributed by atoms with van der Waals surface area (Å²) in [5, 5.41) is 0. The van der Waals surface area contributed by atoms with Gasteiger partial charge in [-0.3, -0.25) is 4.79 Å². The van der Waals surface area contributed by atoms with E-state index >= 15 is 0 Å². The van der Waals surface area contributed by atoms with Gasteiger partial charge in [0.05, 0.1) is 0 Å². The molecular formula is C27H20O. The minimum atomic E-state index is 0.112. The molecule has 0 spiro atoms. The zero-order valence-corrected chi connectivity index (χ0v) is 16.0. The van der Waals surface area contributed by atoms with Gasteiger partial charge < -0.3 is 0 Å². The number of carbonyl (C=O) groups is 1. The second kappa shape index (κ2) is 6.31. The lowest BCUT2D eigenvalue weighted by Gasteiger charge is -2.16. The molecule has 3 aromatic rings. The number of Topliss-reactive ketones (excluding diaryl/α,β-unsaturated/α-hetero) is 1. The van der Waals surface area contributed by atoms with Crippen LogP contribution in [0.1, 0.15) is 27.8 Å². The van der Waals surface area contributed by atoms with Crippen LogP contribution in [0, 0.1) is 13.8 Å². The van der Waals surface area contributed by atoms with Crippen molar-refractivity contribution in [1.29, 1.82) is 0 Å². The lowest BCUT2D eigenvalue weighted by Crippen LogP contribution is -2.09. The summed E-state index contributed by atoms with van der Waals surface area (Å²) in [7, 11) is 0. The van der Waals surface area contributed by atoms with E-state index in [0.29, 0.717) is 0 Å². The fraction of sp³-hybridized carbons (Fsp3) is 0.0741. The monoisotopic (exact) mass is 360 g/mol. The Hall–Kier alpha value is -3.45. The van der Waals surface area contributed by atoms with Crippen molar-refractivity contribution < 1.29 is 4.79 Å². The van der Waals surface area contributed by atoms with Crippen LogP contribution in [0.5, 0.6) is 0 Å². The van der Waals surface area contributed by atoms with Gasteiger partial charge in [-0.25, -0.2) is 0 Å². The molecule has 2 aliphatic carbocycles. The van der Waals surface area contributed by atoms with Gasteiger partial charge >= 0.3 is 0 Å². The molecule has 0 heterocycles. The summed E-state index contributed by atoms with van der Waals surface area (Å²) < 4.78 is 0. The highest BCUT2D eigenvalue weighted by Gasteiger charge is 2.29. The third-order valence-corrected chi connectivity index (χ3v) is 5.73. The molecule has 0 unspecified atom stereocenters. The molecule has 1 heteroatoms. The minimum absolute atomic E-state index is 0.112. The third kappa shape index (κ3) is 2.51. The van der Waals surface area contributed by atoms with Gasteiger partial charge in [-0.15, -0.1) is 0 Å². The highest BCUT2D eigenvalue weighted by molar-refractivity contribution is 6.38. The second-order valence-corrected chi connectivity index (χ2v) is 7.48. The van der Waals surface area contributed by atoms with Gasteiger partial charge in [-0.2, -0.15) is 0 Å². The fourth-order valence-electron chi connectivity index (χ4n) is 4.21. The molecule has 0 amide bonds. The largest absolute Gasteiger partial charge is 0.289 e. The molecule has 0 saturated carbocycles. The minimum Gasteiger partial charge on any atom is -0.289 e. The number of carbonyl (C=O) groups excluding carboxylic acids is 1. The Bertz CT molecular complexity index is 1230. The van der Waals surface area contributed by atoms with Crippen molar-refractivity contribution in [2.75, 3.05) is 0 Å². The summed E-state index contributed by atoms with van der Waals surface area (Å²) in [6, 6.07) is 23.0. The lowest BCUT2D eigenvalue weighted by molar-refractivity contribution is -0.110. The van der Waals surface area contributed by atoms with Gasteiger partial charge in [-0.05, 0) is 76.6 Å². The summed E-state index contributed by atoms with van der Waals surface area (Å²) in [6.07, 6.45) is 6.12. The first-order valence-electron chi connectivity index (χ1n) is 9.58. The molecule has 1 nitrogen and oxygen atoms in total. The molecule has 2 aliphatic rings. The number of allylic oxidation sites excluding steroid dienone is 5. The van der Waals surface area contributed by atoms with Gasteiger partial charge in [0, 0.05) is 11.1 Å². The number of benzene rings is 3. The zero-order valence-electron chi connectivity index (χ0n) is 16.0. The van der Waals surface area contributed by atoms with Crippen molar-refractivity contribution in [3.63, 3.8) is 0 Å². The summed E-state index contributed by atoms with van der Waals surface area (Å²) in [5.41, 5.74) is 10.7. The quantitative estimate of drug-likeness (QED) is 0.515. The van der Waals surface area contributed by atoms with Crippen molar-refractivity contribution in [2.24, 2.45) is 0 Å². The van der Waals surface area contributed by atoms with E-state index in [4.69, 9.17) is 0 Å². The van der Waals surface area contributed by atoms with Crippen molar-refractivity contribution in [2.45, 2.75) is 13.8 Å². The normalized spacial score (nSPS) is 14.8. The molecule has 134 valence electrons. The summed E-state index contributed by atoms with van der Waals surface area (Å²) in [6.45, 7) is 4.18. The Morgan fingerprint density at radius 1 is 0.607 bits per heavy atom. The van der Waals surface area contributed by atoms with E-state index in [2.05, 4.69) is 74.5 Å². The van der Waals surface area contributed by atoms with Crippen LogP contribution in [-0.2, 0) is 4.79 Å². The highest BCUT2D eigenvalue weighted by atomic mass is 16.1. The maximum atomic E-state index is 13.3. The highest BCUT2D eigenvalue weighted by Crippen LogP contribution is 2.42. The number of hydrogen-bond acceptors (Lipinski definition) is 1. The molecule has 3 aromatic carbocycles. The van der Waals surface area contributed by atoms with Crippen LogP contribution in [0.15, 0.2) is 84.5 Å². The van der Waals surface area contributed by atoms with Crippen molar-refractivity contribution >= 4 is 23.0 Å². The molecule has 0 atom stereocenters. The summed E-state index contributed by atoms with van der Waals surface area (Å²) in [5.74, 6) is 0.112. The van der Waals surface area contributed by atoms with Crippen LogP contribution in [0.4, 0.5) is 0 Å². The number of rotatable bonds is 2. The van der Waals surface area contributed by atoms with Gasteiger partial charge in [0.2, 0.25) is 0 Å². The van der Waals surface area contributed by atoms with E-state index in [-0.39, 0.29) is 5.78 Å². The molecule has 28 heavy (non-hydrogen) atoms. The van der Waals surface area contributed by atoms with E-state index in [1.54, 1.807) is 0 Å². The van der Waals surface area contributed by atoms with Crippen LogP contribution >= 0.6 is 0 Å². The topological polar surface area (TPSA) is 17.1 Å². The molecule has 5 rings (SSSR count). The summed E-state index contributed by atoms with van der Waals surface area (Å²) in [4.78, 5) is 13.3. The van der Waals surface area contributed by atoms with Gasteiger partial charge in [0.15, 0.2) is 5.78 Å². The van der Waals surface area contributed by atoms with Crippen LogP contribution in [0.25, 0.3) is 28.3 Å². The Labute approximate surface area is 165 Å². The average Bonchev–Trinajstić information content (AvgIpc) is 3.08. The Balaban J connectivity index is 1.59. The van der Waals surface area contributed by atoms with Crippen LogP contribution in [-0.4, -0.2) is 5.78 Å². The second-order valence-electron chi connectivity index (χ2n) is 7.48. The van der Waals surface area contributed by atoms with Gasteiger partial charge in [0.25, 0.3) is 0 Å². The first-order valence-corrected chi connectivity index (χ1v) is 9.58. The number of hydrogen-bond donors (Lipinski definition) is 0. The number of ketones is 1. The molecule has 0 saturated heterocycles. The zero-order chi connectivity index (χ0) is 19.3. The smallest absolute Gasteiger partial charge is 0.194 e. The number of fused-ring (bicyclic) bond motifs is 3. The number of aryl methyl sites for hydroxylation is 2.